The van der Waals surface area contributed by atoms with Crippen molar-refractivity contribution in [3.05, 3.63) is 58.8 Å². The molecule has 9 nitrogen and oxygen atoms in total. The Labute approximate surface area is 236 Å². The van der Waals surface area contributed by atoms with Gasteiger partial charge in [-0.25, -0.2) is 13.1 Å². The number of nitrogens with zero attached hydrogens (tertiary/aromatic N) is 1. The van der Waals surface area contributed by atoms with E-state index in [1.807, 2.05) is 12.3 Å². The first-order chi connectivity index (χ1) is 19.2. The number of aromatic nitrogens is 1. The topological polar surface area (TPSA) is 110 Å². The van der Waals surface area contributed by atoms with E-state index in [2.05, 4.69) is 33.7 Å². The van der Waals surface area contributed by atoms with Gasteiger partial charge in [0.25, 0.3) is 5.91 Å². The lowest BCUT2D eigenvalue weighted by Crippen LogP contribution is -2.39. The predicted molar refractivity (Wildman–Crippen MR) is 154 cm³/mol. The molecule has 5 rings (SSSR count). The molecular formula is C30H39N3O6S. The summed E-state index contributed by atoms with van der Waals surface area (Å²) in [6, 6.07) is 9.42. The van der Waals surface area contributed by atoms with E-state index < -0.39 is 15.9 Å². The van der Waals surface area contributed by atoms with Crippen molar-refractivity contribution in [3.63, 3.8) is 0 Å². The first-order valence-electron chi connectivity index (χ1n) is 14.0. The maximum atomic E-state index is 12.7. The zero-order chi connectivity index (χ0) is 28.3. The van der Waals surface area contributed by atoms with Crippen molar-refractivity contribution in [3.8, 4) is 11.5 Å². The van der Waals surface area contributed by atoms with Gasteiger partial charge in [0.15, 0.2) is 0 Å². The number of rotatable bonds is 5. The smallest absolute Gasteiger partial charge is 0.264 e. The van der Waals surface area contributed by atoms with E-state index in [-0.39, 0.29) is 17.7 Å². The number of amides is 1. The average Bonchev–Trinajstić information content (AvgIpc) is 3.42. The predicted octanol–water partition coefficient (Wildman–Crippen LogP) is 4.85. The number of piperidine rings is 1. The number of carbonyl (C=O) groups is 1. The lowest BCUT2D eigenvalue weighted by atomic mass is 9.90. The fourth-order valence-corrected chi connectivity index (χ4v) is 6.38. The summed E-state index contributed by atoms with van der Waals surface area (Å²) in [5.41, 5.74) is 4.58. The summed E-state index contributed by atoms with van der Waals surface area (Å²) < 4.78 is 44.0. The van der Waals surface area contributed by atoms with E-state index in [0.29, 0.717) is 18.9 Å². The molecule has 3 aromatic rings. The second kappa shape index (κ2) is 12.2. The van der Waals surface area contributed by atoms with Crippen LogP contribution in [0.15, 0.2) is 36.5 Å². The van der Waals surface area contributed by atoms with Gasteiger partial charge in [0.05, 0.1) is 26.1 Å². The Kier molecular flexibility index (Phi) is 8.68. The van der Waals surface area contributed by atoms with Crippen LogP contribution in [0.1, 0.15) is 71.6 Å². The molecule has 0 unspecified atom stereocenters. The number of aromatic amines is 1. The molecule has 3 heterocycles. The summed E-state index contributed by atoms with van der Waals surface area (Å²) in [5.74, 6) is 0.799. The molecule has 2 bridgehead atoms. The van der Waals surface area contributed by atoms with Crippen LogP contribution in [0.3, 0.4) is 0 Å². The summed E-state index contributed by atoms with van der Waals surface area (Å²) >= 11 is 0. The highest BCUT2D eigenvalue weighted by Gasteiger charge is 2.33. The fourth-order valence-electron chi connectivity index (χ4n) is 5.92. The largest absolute Gasteiger partial charge is 0.496 e. The molecule has 10 heteroatoms. The highest BCUT2D eigenvalue weighted by atomic mass is 32.2. The number of hydrogen-bond acceptors (Lipinski definition) is 7. The lowest BCUT2D eigenvalue weighted by Gasteiger charge is -2.40. The second-order valence-electron chi connectivity index (χ2n) is 10.9. The van der Waals surface area contributed by atoms with Crippen molar-refractivity contribution < 1.29 is 27.4 Å². The lowest BCUT2D eigenvalue weighted by molar-refractivity contribution is -0.0203. The molecule has 2 aromatic carbocycles. The third-order valence-corrected chi connectivity index (χ3v) is 8.48. The van der Waals surface area contributed by atoms with Crippen molar-refractivity contribution in [2.24, 2.45) is 0 Å². The van der Waals surface area contributed by atoms with E-state index in [0.717, 1.165) is 91.3 Å². The monoisotopic (exact) mass is 569 g/mol. The minimum atomic E-state index is -3.69. The van der Waals surface area contributed by atoms with E-state index in [4.69, 9.17) is 14.2 Å². The van der Waals surface area contributed by atoms with Crippen LogP contribution in [0.25, 0.3) is 10.9 Å². The van der Waals surface area contributed by atoms with Crippen LogP contribution in [0.2, 0.25) is 0 Å². The molecule has 40 heavy (non-hydrogen) atoms. The number of fused-ring (bicyclic) bond motifs is 5. The Morgan fingerprint density at radius 1 is 1.15 bits per heavy atom. The Bertz CT molecular complexity index is 1470. The molecule has 0 radical (unpaired) electrons. The minimum Gasteiger partial charge on any atom is -0.496 e. The van der Waals surface area contributed by atoms with Crippen molar-refractivity contribution in [1.82, 2.24) is 14.6 Å². The van der Waals surface area contributed by atoms with Gasteiger partial charge in [-0.3, -0.25) is 9.69 Å². The Hall–Kier alpha value is -3.08. The van der Waals surface area contributed by atoms with Crippen LogP contribution in [0.4, 0.5) is 0 Å². The number of ether oxygens (including phenoxy) is 3. The number of likely N-dealkylation sites (tertiary alicyclic amines) is 1. The molecule has 2 aliphatic heterocycles. The summed E-state index contributed by atoms with van der Waals surface area (Å²) in [6.45, 7) is 4.86. The van der Waals surface area contributed by atoms with Crippen LogP contribution in [0.5, 0.6) is 11.5 Å². The standard InChI is InChI=1S/C30H39N3O6S/c1-20-16-27(37-2)25(23-10-12-31-29(20)23)19-33-13-11-22-18-26(33)24-9-8-21(30(34)32-40(3,35)36)17-28(24)39-15-7-5-4-6-14-38-22/h8-10,12,16-17,22,26,31H,4-7,11,13-15,18-19H2,1-3H3,(H,32,34)/t22-,26-/m0/s1. The third-order valence-electron chi connectivity index (χ3n) is 7.92. The Morgan fingerprint density at radius 2 is 1.95 bits per heavy atom. The van der Waals surface area contributed by atoms with Crippen molar-refractivity contribution in [2.75, 3.05) is 33.1 Å². The summed E-state index contributed by atoms with van der Waals surface area (Å²) in [7, 11) is -1.98. The van der Waals surface area contributed by atoms with Crippen molar-refractivity contribution >= 4 is 26.8 Å². The number of aryl methyl sites for hydroxylation is 1. The average molecular weight is 570 g/mol. The van der Waals surface area contributed by atoms with Gasteiger partial charge in [-0.05, 0) is 68.9 Å². The Balaban J connectivity index is 1.54. The van der Waals surface area contributed by atoms with Gasteiger partial charge in [0, 0.05) is 59.5 Å². The van der Waals surface area contributed by atoms with Crippen LogP contribution >= 0.6 is 0 Å². The van der Waals surface area contributed by atoms with Gasteiger partial charge in [-0.15, -0.1) is 0 Å². The summed E-state index contributed by atoms with van der Waals surface area (Å²) in [6.07, 6.45) is 8.80. The molecule has 0 aliphatic carbocycles. The zero-order valence-electron chi connectivity index (χ0n) is 23.5. The number of carbonyl (C=O) groups excluding carboxylic acids is 1. The summed E-state index contributed by atoms with van der Waals surface area (Å²) in [5, 5.41) is 1.14. The highest BCUT2D eigenvalue weighted by Crippen LogP contribution is 2.41. The number of methoxy groups -OCH3 is 1. The number of benzene rings is 2. The zero-order valence-corrected chi connectivity index (χ0v) is 24.3. The molecule has 1 aromatic heterocycles. The van der Waals surface area contributed by atoms with E-state index in [1.54, 1.807) is 19.2 Å². The van der Waals surface area contributed by atoms with Gasteiger partial charge in [0.1, 0.15) is 11.5 Å². The molecule has 2 atom stereocenters. The molecule has 2 N–H and O–H groups in total. The van der Waals surface area contributed by atoms with E-state index >= 15 is 0 Å². The van der Waals surface area contributed by atoms with Crippen LogP contribution in [-0.4, -0.2) is 63.4 Å². The SMILES string of the molecule is COc1cc(C)c2[nH]ccc2c1CN1CC[C@H]2C[C@H]1c1ccc(C(=O)NS(C)(=O)=O)cc1OCCCCCCO2. The summed E-state index contributed by atoms with van der Waals surface area (Å²) in [4.78, 5) is 18.5. The molecule has 0 spiro atoms. The van der Waals surface area contributed by atoms with Crippen LogP contribution in [0, 0.1) is 6.92 Å². The molecule has 1 saturated heterocycles. The van der Waals surface area contributed by atoms with E-state index in [1.165, 1.54) is 0 Å². The normalized spacial score (nSPS) is 20.9. The van der Waals surface area contributed by atoms with Crippen LogP contribution < -0.4 is 14.2 Å². The first kappa shape index (κ1) is 28.4. The molecule has 1 fully saturated rings. The maximum absolute atomic E-state index is 12.7. The number of hydrogen-bond donors (Lipinski definition) is 2. The van der Waals surface area contributed by atoms with Gasteiger partial charge < -0.3 is 19.2 Å². The fraction of sp³-hybridized carbons (Fsp3) is 0.500. The molecule has 1 amide bonds. The van der Waals surface area contributed by atoms with Gasteiger partial charge >= 0.3 is 0 Å². The molecular weight excluding hydrogens is 530 g/mol. The van der Waals surface area contributed by atoms with Crippen molar-refractivity contribution in [1.29, 1.82) is 0 Å². The second-order valence-corrected chi connectivity index (χ2v) is 12.6. The van der Waals surface area contributed by atoms with E-state index in [9.17, 15) is 13.2 Å². The van der Waals surface area contributed by atoms with Crippen molar-refractivity contribution in [2.45, 2.75) is 64.1 Å². The van der Waals surface area contributed by atoms with Gasteiger partial charge in [0.2, 0.25) is 10.0 Å². The Morgan fingerprint density at radius 3 is 2.73 bits per heavy atom. The molecule has 216 valence electrons. The molecule has 0 saturated carbocycles. The quantitative estimate of drug-likeness (QED) is 0.452. The van der Waals surface area contributed by atoms with Crippen LogP contribution in [-0.2, 0) is 21.3 Å². The molecule has 2 aliphatic rings. The number of H-pyrrole nitrogens is 1. The minimum absolute atomic E-state index is 0.0264. The maximum Gasteiger partial charge on any atom is 0.264 e. The highest BCUT2D eigenvalue weighted by molar-refractivity contribution is 7.89. The van der Waals surface area contributed by atoms with Gasteiger partial charge in [-0.1, -0.05) is 12.5 Å². The first-order valence-corrected chi connectivity index (χ1v) is 15.9. The third kappa shape index (κ3) is 6.45. The number of nitrogens with one attached hydrogen (secondary N) is 2. The number of sulfonamides is 1. The van der Waals surface area contributed by atoms with Gasteiger partial charge in [-0.2, -0.15) is 0 Å².